The van der Waals surface area contributed by atoms with Crippen molar-refractivity contribution >= 4 is 40.5 Å². The van der Waals surface area contributed by atoms with Crippen molar-refractivity contribution in [3.63, 3.8) is 0 Å². The third kappa shape index (κ3) is 7.39. The summed E-state index contributed by atoms with van der Waals surface area (Å²) >= 11 is 5.33. The van der Waals surface area contributed by atoms with Crippen LogP contribution in [0.15, 0.2) is 78.9 Å². The maximum absolute atomic E-state index is 13.0. The Morgan fingerprint density at radius 1 is 0.943 bits per heavy atom. The second-order valence-electron chi connectivity index (χ2n) is 8.40. The first kappa shape index (κ1) is 25.9. The Morgan fingerprint density at radius 3 is 2.26 bits per heavy atom. The SMILES string of the molecule is CCN(C(=O)c1ccc(NC(=S)NC(=O)c2ccccc2OCCC(C)C)cc1)c1ccccc1. The van der Waals surface area contributed by atoms with E-state index in [1.165, 1.54) is 0 Å². The lowest BCUT2D eigenvalue weighted by atomic mass is 10.1. The molecular weight excluding hydrogens is 458 g/mol. The van der Waals surface area contributed by atoms with Crippen LogP contribution in [-0.4, -0.2) is 30.1 Å². The molecule has 3 rings (SSSR count). The molecule has 6 nitrogen and oxygen atoms in total. The minimum atomic E-state index is -0.351. The summed E-state index contributed by atoms with van der Waals surface area (Å²) in [7, 11) is 0. The summed E-state index contributed by atoms with van der Waals surface area (Å²) in [5, 5.41) is 5.85. The van der Waals surface area contributed by atoms with Gasteiger partial charge in [0.15, 0.2) is 5.11 Å². The zero-order valence-corrected chi connectivity index (χ0v) is 21.1. The van der Waals surface area contributed by atoms with Gasteiger partial charge in [-0.3, -0.25) is 14.9 Å². The fourth-order valence-corrected chi connectivity index (χ4v) is 3.63. The number of carbonyl (C=O) groups excluding carboxylic acids is 2. The highest BCUT2D eigenvalue weighted by Crippen LogP contribution is 2.20. The molecule has 7 heteroatoms. The van der Waals surface area contributed by atoms with E-state index in [9.17, 15) is 9.59 Å². The maximum atomic E-state index is 13.0. The number of hydrogen-bond donors (Lipinski definition) is 2. The van der Waals surface area contributed by atoms with E-state index in [1.807, 2.05) is 43.3 Å². The minimum Gasteiger partial charge on any atom is -0.493 e. The molecule has 3 aromatic rings. The van der Waals surface area contributed by atoms with Crippen molar-refractivity contribution in [2.75, 3.05) is 23.4 Å². The van der Waals surface area contributed by atoms with Gasteiger partial charge in [-0.1, -0.05) is 44.2 Å². The van der Waals surface area contributed by atoms with Crippen molar-refractivity contribution in [1.29, 1.82) is 0 Å². The topological polar surface area (TPSA) is 70.7 Å². The Hall–Kier alpha value is -3.71. The standard InChI is InChI=1S/C28H31N3O3S/c1-4-31(23-10-6-5-7-11-23)27(33)21-14-16-22(17-15-21)29-28(35)30-26(32)24-12-8-9-13-25(24)34-19-18-20(2)3/h5-17,20H,4,18-19H2,1-3H3,(H2,29,30,32,35). The molecule has 0 aliphatic carbocycles. The summed E-state index contributed by atoms with van der Waals surface area (Å²) in [6.07, 6.45) is 0.899. The van der Waals surface area contributed by atoms with Crippen molar-refractivity contribution in [2.45, 2.75) is 27.2 Å². The highest BCUT2D eigenvalue weighted by Gasteiger charge is 2.17. The van der Waals surface area contributed by atoms with Gasteiger partial charge >= 0.3 is 0 Å². The Morgan fingerprint density at radius 2 is 1.60 bits per heavy atom. The van der Waals surface area contributed by atoms with Gasteiger partial charge in [-0.05, 0) is 80.0 Å². The lowest BCUT2D eigenvalue weighted by Gasteiger charge is -2.21. The molecule has 0 saturated carbocycles. The van der Waals surface area contributed by atoms with Crippen LogP contribution in [0.3, 0.4) is 0 Å². The molecule has 0 aliphatic heterocycles. The highest BCUT2D eigenvalue weighted by molar-refractivity contribution is 7.80. The van der Waals surface area contributed by atoms with Crippen LogP contribution in [0.1, 0.15) is 47.9 Å². The number of anilines is 2. The Balaban J connectivity index is 1.60. The second kappa shape index (κ2) is 12.7. The highest BCUT2D eigenvalue weighted by atomic mass is 32.1. The van der Waals surface area contributed by atoms with Crippen LogP contribution in [0.4, 0.5) is 11.4 Å². The molecule has 0 saturated heterocycles. The summed E-state index contributed by atoms with van der Waals surface area (Å²) in [5.41, 5.74) is 2.49. The molecule has 0 bridgehead atoms. The zero-order valence-electron chi connectivity index (χ0n) is 20.3. The van der Waals surface area contributed by atoms with Gasteiger partial charge in [0, 0.05) is 23.5 Å². The summed E-state index contributed by atoms with van der Waals surface area (Å²) in [6.45, 7) is 7.28. The first-order valence-corrected chi connectivity index (χ1v) is 12.1. The predicted octanol–water partition coefficient (Wildman–Crippen LogP) is 5.91. The van der Waals surface area contributed by atoms with E-state index in [2.05, 4.69) is 24.5 Å². The molecule has 0 radical (unpaired) electrons. The molecule has 2 N–H and O–H groups in total. The van der Waals surface area contributed by atoms with Gasteiger partial charge in [0.1, 0.15) is 5.75 Å². The van der Waals surface area contributed by atoms with Gasteiger partial charge in [-0.25, -0.2) is 0 Å². The van der Waals surface area contributed by atoms with Crippen LogP contribution in [0, 0.1) is 5.92 Å². The average molecular weight is 490 g/mol. The number of benzene rings is 3. The molecule has 0 fully saturated rings. The van der Waals surface area contributed by atoms with Crippen molar-refractivity contribution in [3.8, 4) is 5.75 Å². The molecular formula is C28H31N3O3S. The lowest BCUT2D eigenvalue weighted by Crippen LogP contribution is -2.34. The van der Waals surface area contributed by atoms with Crippen LogP contribution in [0.2, 0.25) is 0 Å². The molecule has 35 heavy (non-hydrogen) atoms. The van der Waals surface area contributed by atoms with Gasteiger partial charge in [0.2, 0.25) is 0 Å². The fraction of sp³-hybridized carbons (Fsp3) is 0.250. The first-order chi connectivity index (χ1) is 16.9. The third-order valence-corrected chi connectivity index (χ3v) is 5.53. The monoisotopic (exact) mass is 489 g/mol. The molecule has 0 aromatic heterocycles. The summed E-state index contributed by atoms with van der Waals surface area (Å²) in [4.78, 5) is 27.5. The van der Waals surface area contributed by atoms with E-state index in [0.717, 1.165) is 12.1 Å². The Kier molecular flexibility index (Phi) is 9.38. The largest absolute Gasteiger partial charge is 0.493 e. The van der Waals surface area contributed by atoms with Crippen molar-refractivity contribution in [2.24, 2.45) is 5.92 Å². The number of nitrogens with one attached hydrogen (secondary N) is 2. The van der Waals surface area contributed by atoms with Crippen LogP contribution in [0.5, 0.6) is 5.75 Å². The number of amides is 2. The van der Waals surface area contributed by atoms with Gasteiger partial charge < -0.3 is 15.0 Å². The first-order valence-electron chi connectivity index (χ1n) is 11.7. The van der Waals surface area contributed by atoms with E-state index in [0.29, 0.717) is 41.6 Å². The molecule has 182 valence electrons. The van der Waals surface area contributed by atoms with Crippen molar-refractivity contribution in [3.05, 3.63) is 90.0 Å². The number of ether oxygens (including phenoxy) is 1. The second-order valence-corrected chi connectivity index (χ2v) is 8.81. The Labute approximate surface area is 212 Å². The average Bonchev–Trinajstić information content (AvgIpc) is 2.85. The quantitative estimate of drug-likeness (QED) is 0.366. The summed E-state index contributed by atoms with van der Waals surface area (Å²) < 4.78 is 5.80. The van der Waals surface area contributed by atoms with Gasteiger partial charge in [0.25, 0.3) is 11.8 Å². The van der Waals surface area contributed by atoms with E-state index in [1.54, 1.807) is 47.4 Å². The number of carbonyl (C=O) groups is 2. The minimum absolute atomic E-state index is 0.0878. The molecule has 3 aromatic carbocycles. The van der Waals surface area contributed by atoms with Crippen LogP contribution in [-0.2, 0) is 0 Å². The van der Waals surface area contributed by atoms with Gasteiger partial charge in [0.05, 0.1) is 12.2 Å². The molecule has 0 aliphatic rings. The lowest BCUT2D eigenvalue weighted by molar-refractivity contribution is 0.0970. The normalized spacial score (nSPS) is 10.5. The number of nitrogens with zero attached hydrogens (tertiary/aromatic N) is 1. The van der Waals surface area contributed by atoms with E-state index in [4.69, 9.17) is 17.0 Å². The molecule has 0 spiro atoms. The van der Waals surface area contributed by atoms with Crippen molar-refractivity contribution < 1.29 is 14.3 Å². The fourth-order valence-electron chi connectivity index (χ4n) is 3.42. The van der Waals surface area contributed by atoms with E-state index >= 15 is 0 Å². The summed E-state index contributed by atoms with van der Waals surface area (Å²) in [6, 6.07) is 23.6. The van der Waals surface area contributed by atoms with Gasteiger partial charge in [-0.2, -0.15) is 0 Å². The van der Waals surface area contributed by atoms with Gasteiger partial charge in [-0.15, -0.1) is 0 Å². The number of thiocarbonyl (C=S) groups is 1. The van der Waals surface area contributed by atoms with Crippen LogP contribution in [0.25, 0.3) is 0 Å². The van der Waals surface area contributed by atoms with E-state index < -0.39 is 0 Å². The van der Waals surface area contributed by atoms with Crippen LogP contribution >= 0.6 is 12.2 Å². The number of rotatable bonds is 9. The molecule has 0 heterocycles. The zero-order chi connectivity index (χ0) is 25.2. The predicted molar refractivity (Wildman–Crippen MR) is 145 cm³/mol. The third-order valence-electron chi connectivity index (χ3n) is 5.33. The Bertz CT molecular complexity index is 1150. The number of hydrogen-bond acceptors (Lipinski definition) is 4. The maximum Gasteiger partial charge on any atom is 0.261 e. The van der Waals surface area contributed by atoms with Crippen LogP contribution < -0.4 is 20.3 Å². The number of para-hydroxylation sites is 2. The molecule has 2 amide bonds. The molecule has 0 atom stereocenters. The molecule has 0 unspecified atom stereocenters. The summed E-state index contributed by atoms with van der Waals surface area (Å²) in [5.74, 6) is 0.596. The van der Waals surface area contributed by atoms with Crippen molar-refractivity contribution in [1.82, 2.24) is 5.32 Å². The smallest absolute Gasteiger partial charge is 0.261 e. The van der Waals surface area contributed by atoms with E-state index in [-0.39, 0.29) is 16.9 Å².